The van der Waals surface area contributed by atoms with E-state index in [4.69, 9.17) is 0 Å². The summed E-state index contributed by atoms with van der Waals surface area (Å²) < 4.78 is 36.7. The van der Waals surface area contributed by atoms with Gasteiger partial charge in [0.2, 0.25) is 5.91 Å². The van der Waals surface area contributed by atoms with Crippen molar-refractivity contribution >= 4 is 17.6 Å². The molecule has 2 aliphatic heterocycles. The number of likely N-dealkylation sites (tertiary alicyclic amines) is 1. The average Bonchev–Trinajstić information content (AvgIpc) is 3.05. The summed E-state index contributed by atoms with van der Waals surface area (Å²) in [5.41, 5.74) is -0.103. The Bertz CT molecular complexity index is 743. The van der Waals surface area contributed by atoms with Crippen molar-refractivity contribution < 1.29 is 22.8 Å². The average molecular weight is 338 g/mol. The summed E-state index contributed by atoms with van der Waals surface area (Å²) in [5, 5.41) is 13.9. The van der Waals surface area contributed by atoms with Crippen molar-refractivity contribution in [3.8, 4) is 6.07 Å². The first-order chi connectivity index (χ1) is 11.3. The third-order valence-electron chi connectivity index (χ3n) is 4.38. The number of nitriles is 1. The van der Waals surface area contributed by atoms with Crippen LogP contribution in [0.4, 0.5) is 23.7 Å². The largest absolute Gasteiger partial charge is 0.405 e. The maximum atomic E-state index is 12.5. The number of halogens is 3. The number of anilines is 1. The van der Waals surface area contributed by atoms with E-state index < -0.39 is 36.0 Å². The molecule has 2 atom stereocenters. The molecule has 1 saturated heterocycles. The highest BCUT2D eigenvalue weighted by molar-refractivity contribution is 6.07. The first-order valence-corrected chi connectivity index (χ1v) is 7.18. The number of fused-ring (bicyclic) bond motifs is 2. The number of hydrogen-bond acceptors (Lipinski definition) is 3. The van der Waals surface area contributed by atoms with Crippen molar-refractivity contribution in [1.29, 1.82) is 5.26 Å². The zero-order valence-corrected chi connectivity index (χ0v) is 12.4. The highest BCUT2D eigenvalue weighted by atomic mass is 19.4. The molecule has 0 saturated carbocycles. The molecule has 1 spiro atoms. The smallest absolute Gasteiger partial charge is 0.329 e. The predicted molar refractivity (Wildman–Crippen MR) is 76.9 cm³/mol. The fraction of sp³-hybridized carbons (Fsp3) is 0.400. The second-order valence-corrected chi connectivity index (χ2v) is 5.81. The Hall–Kier alpha value is -2.76. The van der Waals surface area contributed by atoms with Crippen molar-refractivity contribution in [1.82, 2.24) is 10.2 Å². The monoisotopic (exact) mass is 338 g/mol. The molecule has 2 unspecified atom stereocenters. The van der Waals surface area contributed by atoms with E-state index in [1.165, 1.54) is 0 Å². The molecule has 2 aliphatic rings. The van der Waals surface area contributed by atoms with Crippen molar-refractivity contribution in [3.63, 3.8) is 0 Å². The summed E-state index contributed by atoms with van der Waals surface area (Å²) in [4.78, 5) is 25.6. The highest BCUT2D eigenvalue weighted by Crippen LogP contribution is 2.47. The van der Waals surface area contributed by atoms with Crippen LogP contribution in [-0.4, -0.2) is 42.6 Å². The first-order valence-electron chi connectivity index (χ1n) is 7.18. The molecule has 1 fully saturated rings. The molecule has 0 aliphatic carbocycles. The molecular weight excluding hydrogens is 325 g/mol. The van der Waals surface area contributed by atoms with E-state index >= 15 is 0 Å². The van der Waals surface area contributed by atoms with Crippen molar-refractivity contribution in [3.05, 3.63) is 29.8 Å². The van der Waals surface area contributed by atoms with E-state index in [9.17, 15) is 28.0 Å². The third-order valence-corrected chi connectivity index (χ3v) is 4.38. The van der Waals surface area contributed by atoms with Gasteiger partial charge in [-0.3, -0.25) is 4.79 Å². The van der Waals surface area contributed by atoms with E-state index in [0.717, 1.165) is 4.90 Å². The van der Waals surface area contributed by atoms with Gasteiger partial charge in [-0.2, -0.15) is 18.4 Å². The van der Waals surface area contributed by atoms with E-state index in [2.05, 4.69) is 5.32 Å². The van der Waals surface area contributed by atoms with Crippen LogP contribution in [0, 0.1) is 17.2 Å². The minimum atomic E-state index is -4.53. The molecule has 3 rings (SSSR count). The second kappa shape index (κ2) is 5.40. The van der Waals surface area contributed by atoms with Gasteiger partial charge >= 0.3 is 12.2 Å². The number of amides is 3. The van der Waals surface area contributed by atoms with Crippen molar-refractivity contribution in [2.75, 3.05) is 25.0 Å². The number of alkyl halides is 3. The lowest BCUT2D eigenvalue weighted by atomic mass is 9.74. The molecule has 6 nitrogen and oxygen atoms in total. The van der Waals surface area contributed by atoms with Gasteiger partial charge in [0.1, 0.15) is 12.0 Å². The second-order valence-electron chi connectivity index (χ2n) is 5.81. The minimum Gasteiger partial charge on any atom is -0.329 e. The Morgan fingerprint density at radius 1 is 1.46 bits per heavy atom. The molecule has 2 heterocycles. The predicted octanol–water partition coefficient (Wildman–Crippen LogP) is 1.60. The van der Waals surface area contributed by atoms with Crippen molar-refractivity contribution in [2.24, 2.45) is 5.92 Å². The Balaban J connectivity index is 1.87. The molecular formula is C15H13F3N4O2. The van der Waals surface area contributed by atoms with E-state index in [0.29, 0.717) is 11.3 Å². The lowest BCUT2D eigenvalue weighted by Gasteiger charge is -2.24. The summed E-state index contributed by atoms with van der Waals surface area (Å²) in [5.74, 6) is -1.25. The maximum absolute atomic E-state index is 12.5. The number of rotatable bonds is 1. The molecule has 126 valence electrons. The Morgan fingerprint density at radius 3 is 2.83 bits per heavy atom. The lowest BCUT2D eigenvalue weighted by molar-refractivity contribution is -0.123. The molecule has 0 radical (unpaired) electrons. The zero-order chi connectivity index (χ0) is 17.5. The number of para-hydroxylation sites is 1. The van der Waals surface area contributed by atoms with Crippen molar-refractivity contribution in [2.45, 2.75) is 11.6 Å². The SMILES string of the molecule is N#CC1CN(C(=O)NCC(F)(F)F)CC12C(=O)Nc1ccccc12. The molecule has 9 heteroatoms. The van der Waals surface area contributed by atoms with E-state index in [1.807, 2.05) is 6.07 Å². The number of carbonyl (C=O) groups is 2. The third kappa shape index (κ3) is 2.44. The molecule has 0 bridgehead atoms. The van der Waals surface area contributed by atoms with Crippen LogP contribution in [0.5, 0.6) is 0 Å². The van der Waals surface area contributed by atoms with Crippen LogP contribution in [0.3, 0.4) is 0 Å². The number of nitrogens with zero attached hydrogens (tertiary/aromatic N) is 2. The number of nitrogens with one attached hydrogen (secondary N) is 2. The van der Waals surface area contributed by atoms with Crippen LogP contribution in [0.1, 0.15) is 5.56 Å². The van der Waals surface area contributed by atoms with Crippen LogP contribution in [-0.2, 0) is 10.2 Å². The summed E-state index contributed by atoms with van der Waals surface area (Å²) in [7, 11) is 0. The molecule has 0 aromatic heterocycles. The van der Waals surface area contributed by atoms with Crippen LogP contribution >= 0.6 is 0 Å². The standard InChI is InChI=1S/C15H13F3N4O2/c16-15(17,18)7-20-13(24)22-6-9(5-19)14(8-22)10-3-1-2-4-11(10)21-12(14)23/h1-4,9H,6-8H2,(H,20,24)(H,21,23). The lowest BCUT2D eigenvalue weighted by Crippen LogP contribution is -2.45. The van der Waals surface area contributed by atoms with Crippen LogP contribution in [0.15, 0.2) is 24.3 Å². The quantitative estimate of drug-likeness (QED) is 0.816. The van der Waals surface area contributed by atoms with Gasteiger partial charge in [-0.1, -0.05) is 18.2 Å². The fourth-order valence-electron chi connectivity index (χ4n) is 3.29. The Morgan fingerprint density at radius 2 is 2.17 bits per heavy atom. The van der Waals surface area contributed by atoms with Gasteiger partial charge < -0.3 is 15.5 Å². The molecule has 24 heavy (non-hydrogen) atoms. The molecule has 2 N–H and O–H groups in total. The molecule has 3 amide bonds. The minimum absolute atomic E-state index is 0.109. The molecule has 1 aromatic carbocycles. The van der Waals surface area contributed by atoms with Gasteiger partial charge in [-0.05, 0) is 11.6 Å². The topological polar surface area (TPSA) is 85.2 Å². The number of benzene rings is 1. The van der Waals surface area contributed by atoms with Gasteiger partial charge in [0, 0.05) is 18.8 Å². The Labute approximate surface area is 135 Å². The van der Waals surface area contributed by atoms with E-state index in [1.54, 1.807) is 29.6 Å². The van der Waals surface area contributed by atoms with Gasteiger partial charge in [-0.25, -0.2) is 4.79 Å². The Kier molecular flexibility index (Phi) is 3.63. The van der Waals surface area contributed by atoms with Crippen LogP contribution < -0.4 is 10.6 Å². The van der Waals surface area contributed by atoms with Crippen LogP contribution in [0.25, 0.3) is 0 Å². The van der Waals surface area contributed by atoms with Gasteiger partial charge in [0.25, 0.3) is 0 Å². The summed E-state index contributed by atoms with van der Waals surface area (Å²) in [6.07, 6.45) is -4.53. The summed E-state index contributed by atoms with van der Waals surface area (Å²) >= 11 is 0. The normalized spacial score (nSPS) is 25.3. The number of urea groups is 1. The highest BCUT2D eigenvalue weighted by Gasteiger charge is 2.58. The summed E-state index contributed by atoms with van der Waals surface area (Å²) in [6.45, 7) is -1.71. The van der Waals surface area contributed by atoms with Gasteiger partial charge in [-0.15, -0.1) is 0 Å². The maximum Gasteiger partial charge on any atom is 0.405 e. The van der Waals surface area contributed by atoms with Gasteiger partial charge in [0.15, 0.2) is 0 Å². The first kappa shape index (κ1) is 16.1. The van der Waals surface area contributed by atoms with Gasteiger partial charge in [0.05, 0.1) is 12.0 Å². The zero-order valence-electron chi connectivity index (χ0n) is 12.4. The number of hydrogen-bond donors (Lipinski definition) is 2. The van der Waals surface area contributed by atoms with E-state index in [-0.39, 0.29) is 13.1 Å². The summed E-state index contributed by atoms with van der Waals surface area (Å²) in [6, 6.07) is 7.88. The molecule has 1 aromatic rings. The number of carbonyl (C=O) groups excluding carboxylic acids is 2. The fourth-order valence-corrected chi connectivity index (χ4v) is 3.29. The van der Waals surface area contributed by atoms with Crippen LogP contribution in [0.2, 0.25) is 0 Å².